The number of hydrogen-bond donors (Lipinski definition) is 1. The molecular formula is C17H20N4O3. The number of carbonyl (C=O) groups excluding carboxylic acids is 1. The van der Waals surface area contributed by atoms with Crippen LogP contribution in [0.4, 0.5) is 0 Å². The number of nitrogens with zero attached hydrogens (tertiary/aromatic N) is 3. The molecule has 0 bridgehead atoms. The van der Waals surface area contributed by atoms with Crippen molar-refractivity contribution in [2.24, 2.45) is 4.99 Å². The lowest BCUT2D eigenvalue weighted by Gasteiger charge is -2.26. The maximum absolute atomic E-state index is 13.1. The first-order chi connectivity index (χ1) is 11.8. The number of imidazole rings is 1. The highest BCUT2D eigenvalue weighted by Gasteiger charge is 2.35. The molecule has 1 aromatic heterocycles. The Morgan fingerprint density at radius 3 is 3.00 bits per heavy atom. The molecule has 2 atom stereocenters. The summed E-state index contributed by atoms with van der Waals surface area (Å²) < 4.78 is 0. The Morgan fingerprint density at radius 2 is 2.29 bits per heavy atom. The molecular weight excluding hydrogens is 308 g/mol. The summed E-state index contributed by atoms with van der Waals surface area (Å²) in [5.41, 5.74) is 0.809. The van der Waals surface area contributed by atoms with E-state index in [1.54, 1.807) is 12.4 Å². The predicted molar refractivity (Wildman–Crippen MR) is 88.0 cm³/mol. The van der Waals surface area contributed by atoms with Crippen LogP contribution in [0.25, 0.3) is 0 Å². The van der Waals surface area contributed by atoms with Gasteiger partial charge in [-0.3, -0.25) is 4.79 Å². The van der Waals surface area contributed by atoms with Gasteiger partial charge < -0.3 is 14.8 Å². The van der Waals surface area contributed by atoms with Gasteiger partial charge in [0, 0.05) is 18.9 Å². The van der Waals surface area contributed by atoms with Crippen LogP contribution in [0.2, 0.25) is 0 Å². The predicted octanol–water partition coefficient (Wildman–Crippen LogP) is 2.42. The average Bonchev–Trinajstić information content (AvgIpc) is 3.29. The molecule has 1 aliphatic heterocycles. The standard InChI is InChI=1S/C17H20N4O3/c1-23-24-12-20-15(13-6-3-2-4-7-13)17(22)21-11-5-8-14(21)16-18-9-10-19-16/h2-4,6-7,9-10,12,14-15H,5,8,11H2,1H3,(H,18,19)/t14-,15+/m0/s1. The molecule has 126 valence electrons. The highest BCUT2D eigenvalue weighted by Crippen LogP contribution is 2.33. The molecule has 7 nitrogen and oxygen atoms in total. The second-order valence-electron chi connectivity index (χ2n) is 5.49. The maximum Gasteiger partial charge on any atom is 0.252 e. The first kappa shape index (κ1) is 16.2. The molecule has 1 aliphatic rings. The van der Waals surface area contributed by atoms with E-state index in [4.69, 9.17) is 4.89 Å². The molecule has 1 N–H and O–H groups in total. The fraction of sp³-hybridized carbons (Fsp3) is 0.353. The molecule has 0 saturated carbocycles. The summed E-state index contributed by atoms with van der Waals surface area (Å²) in [5, 5.41) is 0. The van der Waals surface area contributed by atoms with E-state index in [1.807, 2.05) is 35.2 Å². The van der Waals surface area contributed by atoms with Crippen molar-refractivity contribution in [3.05, 3.63) is 54.1 Å². The Labute approximate surface area is 140 Å². The highest BCUT2D eigenvalue weighted by atomic mass is 17.2. The van der Waals surface area contributed by atoms with Gasteiger partial charge >= 0.3 is 0 Å². The van der Waals surface area contributed by atoms with Gasteiger partial charge in [-0.15, -0.1) is 0 Å². The zero-order chi connectivity index (χ0) is 16.8. The zero-order valence-electron chi connectivity index (χ0n) is 13.5. The van der Waals surface area contributed by atoms with Crippen LogP contribution in [0.5, 0.6) is 0 Å². The molecule has 1 fully saturated rings. The molecule has 2 aromatic rings. The van der Waals surface area contributed by atoms with E-state index in [1.165, 1.54) is 7.11 Å². The van der Waals surface area contributed by atoms with Gasteiger partial charge in [0.15, 0.2) is 6.04 Å². The number of nitrogens with one attached hydrogen (secondary N) is 1. The van der Waals surface area contributed by atoms with Crippen molar-refractivity contribution in [3.8, 4) is 0 Å². The van der Waals surface area contributed by atoms with Crippen molar-refractivity contribution in [1.29, 1.82) is 0 Å². The summed E-state index contributed by atoms with van der Waals surface area (Å²) in [4.78, 5) is 35.9. The lowest BCUT2D eigenvalue weighted by Crippen LogP contribution is -2.34. The van der Waals surface area contributed by atoms with E-state index in [-0.39, 0.29) is 11.9 Å². The van der Waals surface area contributed by atoms with Crippen molar-refractivity contribution in [3.63, 3.8) is 0 Å². The van der Waals surface area contributed by atoms with Crippen molar-refractivity contribution in [2.75, 3.05) is 13.7 Å². The molecule has 24 heavy (non-hydrogen) atoms. The number of hydrogen-bond acceptors (Lipinski definition) is 5. The summed E-state index contributed by atoms with van der Waals surface area (Å²) in [6, 6.07) is 8.72. The lowest BCUT2D eigenvalue weighted by atomic mass is 10.1. The maximum atomic E-state index is 13.1. The fourth-order valence-corrected chi connectivity index (χ4v) is 2.99. The van der Waals surface area contributed by atoms with E-state index in [9.17, 15) is 4.79 Å². The van der Waals surface area contributed by atoms with Crippen LogP contribution in [-0.4, -0.2) is 40.8 Å². The number of carbonyl (C=O) groups is 1. The third kappa shape index (κ3) is 3.46. The van der Waals surface area contributed by atoms with E-state index < -0.39 is 6.04 Å². The number of benzene rings is 1. The van der Waals surface area contributed by atoms with Gasteiger partial charge in [0.05, 0.1) is 13.2 Å². The van der Waals surface area contributed by atoms with Gasteiger partial charge in [0.2, 0.25) is 6.40 Å². The Bertz CT molecular complexity index is 672. The van der Waals surface area contributed by atoms with Crippen LogP contribution in [0.3, 0.4) is 0 Å². The first-order valence-corrected chi connectivity index (χ1v) is 7.87. The van der Waals surface area contributed by atoms with Crippen LogP contribution in [0, 0.1) is 0 Å². The number of H-pyrrole nitrogens is 1. The topological polar surface area (TPSA) is 79.8 Å². The number of aliphatic imine (C=N–C) groups is 1. The monoisotopic (exact) mass is 328 g/mol. The number of aromatic nitrogens is 2. The number of rotatable bonds is 6. The van der Waals surface area contributed by atoms with Gasteiger partial charge in [-0.1, -0.05) is 30.3 Å². The van der Waals surface area contributed by atoms with Crippen molar-refractivity contribution in [2.45, 2.75) is 24.9 Å². The van der Waals surface area contributed by atoms with E-state index >= 15 is 0 Å². The van der Waals surface area contributed by atoms with Gasteiger partial charge in [-0.05, 0) is 18.4 Å². The van der Waals surface area contributed by atoms with E-state index in [2.05, 4.69) is 19.8 Å². The number of likely N-dealkylation sites (tertiary alicyclic amines) is 1. The van der Waals surface area contributed by atoms with Crippen LogP contribution < -0.4 is 0 Å². The smallest absolute Gasteiger partial charge is 0.252 e. The molecule has 7 heteroatoms. The second-order valence-corrected chi connectivity index (χ2v) is 5.49. The van der Waals surface area contributed by atoms with Crippen LogP contribution in [0.1, 0.15) is 36.3 Å². The molecule has 1 aromatic carbocycles. The Morgan fingerprint density at radius 1 is 1.46 bits per heavy atom. The third-order valence-corrected chi connectivity index (χ3v) is 4.07. The fourth-order valence-electron chi connectivity index (χ4n) is 2.99. The van der Waals surface area contributed by atoms with Gasteiger partial charge in [-0.2, -0.15) is 4.89 Å². The van der Waals surface area contributed by atoms with Crippen molar-refractivity contribution < 1.29 is 14.6 Å². The van der Waals surface area contributed by atoms with Crippen molar-refractivity contribution in [1.82, 2.24) is 14.9 Å². The molecule has 2 heterocycles. The zero-order valence-corrected chi connectivity index (χ0v) is 13.5. The Balaban J connectivity index is 1.85. The summed E-state index contributed by atoms with van der Waals surface area (Å²) in [7, 11) is 1.39. The minimum atomic E-state index is -0.670. The quantitative estimate of drug-likeness (QED) is 0.382. The molecule has 0 spiro atoms. The molecule has 1 amide bonds. The third-order valence-electron chi connectivity index (χ3n) is 4.07. The first-order valence-electron chi connectivity index (χ1n) is 7.87. The SMILES string of the molecule is COOC=N[C@@H](C(=O)N1CCC[C@H]1c1ncc[nH]1)c1ccccc1. The summed E-state index contributed by atoms with van der Waals surface area (Å²) in [6.07, 6.45) is 6.47. The summed E-state index contributed by atoms with van der Waals surface area (Å²) >= 11 is 0. The van der Waals surface area contributed by atoms with Crippen LogP contribution in [-0.2, 0) is 14.6 Å². The molecule has 0 radical (unpaired) electrons. The summed E-state index contributed by atoms with van der Waals surface area (Å²) in [5.74, 6) is 0.737. The van der Waals surface area contributed by atoms with Crippen LogP contribution in [0.15, 0.2) is 47.7 Å². The largest absolute Gasteiger partial charge is 0.347 e. The van der Waals surface area contributed by atoms with Crippen LogP contribution >= 0.6 is 0 Å². The Hall–Kier alpha value is -2.67. The van der Waals surface area contributed by atoms with Gasteiger partial charge in [-0.25, -0.2) is 9.98 Å². The highest BCUT2D eigenvalue weighted by molar-refractivity contribution is 5.85. The minimum Gasteiger partial charge on any atom is -0.347 e. The van der Waals surface area contributed by atoms with E-state index in [0.717, 1.165) is 30.6 Å². The summed E-state index contributed by atoms with van der Waals surface area (Å²) in [6.45, 7) is 0.689. The minimum absolute atomic E-state index is 0.0442. The molecule has 1 saturated heterocycles. The lowest BCUT2D eigenvalue weighted by molar-refractivity contribution is -0.188. The normalized spacial score (nSPS) is 18.9. The molecule has 0 unspecified atom stereocenters. The van der Waals surface area contributed by atoms with Gasteiger partial charge in [0.25, 0.3) is 5.91 Å². The second kappa shape index (κ2) is 7.74. The average molecular weight is 328 g/mol. The molecule has 3 rings (SSSR count). The Kier molecular flexibility index (Phi) is 5.22. The van der Waals surface area contributed by atoms with Crippen molar-refractivity contribution >= 4 is 12.3 Å². The van der Waals surface area contributed by atoms with Gasteiger partial charge in [0.1, 0.15) is 5.82 Å². The number of amides is 1. The number of aromatic amines is 1. The molecule has 0 aliphatic carbocycles. The van der Waals surface area contributed by atoms with E-state index in [0.29, 0.717) is 6.54 Å².